The van der Waals surface area contributed by atoms with E-state index < -0.39 is 0 Å². The number of hydrogen-bond donors (Lipinski definition) is 1. The van der Waals surface area contributed by atoms with Crippen molar-refractivity contribution in [3.63, 3.8) is 0 Å². The highest BCUT2D eigenvalue weighted by Gasteiger charge is 2.33. The Labute approximate surface area is 117 Å². The van der Waals surface area contributed by atoms with Crippen molar-refractivity contribution in [2.24, 2.45) is 0 Å². The van der Waals surface area contributed by atoms with E-state index in [1.54, 1.807) is 0 Å². The zero-order valence-corrected chi connectivity index (χ0v) is 12.7. The Morgan fingerprint density at radius 2 is 1.89 bits per heavy atom. The molecular weight excluding hydrogens is 236 g/mol. The molecule has 19 heavy (non-hydrogen) atoms. The van der Waals surface area contributed by atoms with Crippen molar-refractivity contribution in [2.75, 3.05) is 6.54 Å². The summed E-state index contributed by atoms with van der Waals surface area (Å²) in [6, 6.07) is 0. The molecule has 0 saturated carbocycles. The van der Waals surface area contributed by atoms with Crippen LogP contribution in [0.4, 0.5) is 0 Å². The number of nitrogens with zero attached hydrogens (tertiary/aromatic N) is 3. The maximum absolute atomic E-state index is 4.30. The number of rotatable bonds is 7. The normalized spacial score (nSPS) is 19.1. The first-order valence-electron chi connectivity index (χ1n) is 7.83. The smallest absolute Gasteiger partial charge is 0.0997 e. The Morgan fingerprint density at radius 3 is 2.63 bits per heavy atom. The van der Waals surface area contributed by atoms with Crippen molar-refractivity contribution in [1.82, 2.24) is 20.3 Å². The molecule has 1 aliphatic rings. The maximum Gasteiger partial charge on any atom is 0.0997 e. The lowest BCUT2D eigenvalue weighted by Gasteiger charge is -2.43. The summed E-state index contributed by atoms with van der Waals surface area (Å²) in [5, 5.41) is 11.3. The minimum atomic E-state index is 0.334. The number of aromatic amines is 1. The SMILES string of the molecule is CCCCCC(C)(CCC)N1CCc2n[nH]nc2C1. The van der Waals surface area contributed by atoms with Crippen LogP contribution in [0.3, 0.4) is 0 Å². The quantitative estimate of drug-likeness (QED) is 0.769. The first-order valence-corrected chi connectivity index (χ1v) is 7.83. The third-order valence-corrected chi connectivity index (χ3v) is 4.53. The van der Waals surface area contributed by atoms with Crippen LogP contribution in [-0.4, -0.2) is 32.4 Å². The van der Waals surface area contributed by atoms with Gasteiger partial charge in [-0.15, -0.1) is 0 Å². The fraction of sp³-hybridized carbons (Fsp3) is 0.867. The van der Waals surface area contributed by atoms with Gasteiger partial charge in [-0.05, 0) is 19.8 Å². The summed E-state index contributed by atoms with van der Waals surface area (Å²) in [5.74, 6) is 0. The Bertz CT molecular complexity index is 387. The number of aromatic nitrogens is 3. The minimum absolute atomic E-state index is 0.334. The largest absolute Gasteiger partial charge is 0.292 e. The van der Waals surface area contributed by atoms with E-state index in [-0.39, 0.29) is 0 Å². The summed E-state index contributed by atoms with van der Waals surface area (Å²) in [7, 11) is 0. The monoisotopic (exact) mass is 264 g/mol. The van der Waals surface area contributed by atoms with Gasteiger partial charge in [0.05, 0.1) is 11.4 Å². The summed E-state index contributed by atoms with van der Waals surface area (Å²) in [4.78, 5) is 2.64. The molecule has 1 unspecified atom stereocenters. The van der Waals surface area contributed by atoms with Crippen LogP contribution in [-0.2, 0) is 13.0 Å². The van der Waals surface area contributed by atoms with Crippen LogP contribution < -0.4 is 0 Å². The molecule has 2 heterocycles. The van der Waals surface area contributed by atoms with E-state index in [9.17, 15) is 0 Å². The number of hydrogen-bond acceptors (Lipinski definition) is 3. The van der Waals surface area contributed by atoms with E-state index in [0.29, 0.717) is 5.54 Å². The van der Waals surface area contributed by atoms with Gasteiger partial charge in [0.1, 0.15) is 0 Å². The minimum Gasteiger partial charge on any atom is -0.292 e. The number of nitrogens with one attached hydrogen (secondary N) is 1. The number of H-pyrrole nitrogens is 1. The van der Waals surface area contributed by atoms with Gasteiger partial charge in [-0.25, -0.2) is 0 Å². The molecule has 0 radical (unpaired) electrons. The zero-order valence-electron chi connectivity index (χ0n) is 12.7. The van der Waals surface area contributed by atoms with Gasteiger partial charge in [0, 0.05) is 25.0 Å². The molecule has 1 atom stereocenters. The molecule has 0 spiro atoms. The van der Waals surface area contributed by atoms with Crippen LogP contribution in [0.15, 0.2) is 0 Å². The second-order valence-corrected chi connectivity index (χ2v) is 6.09. The molecule has 1 aromatic rings. The lowest BCUT2D eigenvalue weighted by Crippen LogP contribution is -2.48. The standard InChI is InChI=1S/C15H28N4/c1-4-6-7-10-15(3,9-5-2)19-11-8-13-14(12-19)17-18-16-13/h4-12H2,1-3H3,(H,16,17,18). The number of fused-ring (bicyclic) bond motifs is 1. The molecule has 0 bridgehead atoms. The highest BCUT2D eigenvalue weighted by Crippen LogP contribution is 2.31. The maximum atomic E-state index is 4.30. The molecule has 1 aromatic heterocycles. The lowest BCUT2D eigenvalue weighted by molar-refractivity contribution is 0.0666. The Kier molecular flexibility index (Phi) is 4.97. The average Bonchev–Trinajstić information content (AvgIpc) is 2.86. The third-order valence-electron chi connectivity index (χ3n) is 4.53. The van der Waals surface area contributed by atoms with Gasteiger partial charge < -0.3 is 0 Å². The fourth-order valence-corrected chi connectivity index (χ4v) is 3.30. The summed E-state index contributed by atoms with van der Waals surface area (Å²) in [5.41, 5.74) is 2.66. The van der Waals surface area contributed by atoms with Gasteiger partial charge in [-0.3, -0.25) is 4.90 Å². The average molecular weight is 264 g/mol. The fourth-order valence-electron chi connectivity index (χ4n) is 3.30. The highest BCUT2D eigenvalue weighted by atomic mass is 15.4. The van der Waals surface area contributed by atoms with Gasteiger partial charge >= 0.3 is 0 Å². The van der Waals surface area contributed by atoms with E-state index in [1.807, 2.05) is 0 Å². The van der Waals surface area contributed by atoms with Crippen LogP contribution in [0.5, 0.6) is 0 Å². The third kappa shape index (κ3) is 3.35. The van der Waals surface area contributed by atoms with Crippen LogP contribution in [0.2, 0.25) is 0 Å². The van der Waals surface area contributed by atoms with Crippen molar-refractivity contribution in [3.8, 4) is 0 Å². The van der Waals surface area contributed by atoms with Gasteiger partial charge in [-0.2, -0.15) is 15.4 Å². The molecule has 4 heteroatoms. The molecule has 0 fully saturated rings. The molecule has 0 aromatic carbocycles. The van der Waals surface area contributed by atoms with Crippen LogP contribution in [0.1, 0.15) is 70.7 Å². The second kappa shape index (κ2) is 6.51. The van der Waals surface area contributed by atoms with E-state index in [1.165, 1.54) is 44.2 Å². The Hall–Kier alpha value is -0.900. The molecular formula is C15H28N4. The van der Waals surface area contributed by atoms with Gasteiger partial charge in [-0.1, -0.05) is 39.5 Å². The molecule has 2 rings (SSSR count). The van der Waals surface area contributed by atoms with Crippen LogP contribution in [0.25, 0.3) is 0 Å². The summed E-state index contributed by atoms with van der Waals surface area (Å²) in [6.45, 7) is 9.11. The van der Waals surface area contributed by atoms with Crippen LogP contribution in [0, 0.1) is 0 Å². The summed E-state index contributed by atoms with van der Waals surface area (Å²) in [6.07, 6.45) is 8.88. The first kappa shape index (κ1) is 14.5. The van der Waals surface area contributed by atoms with Crippen molar-refractivity contribution in [3.05, 3.63) is 11.4 Å². The molecule has 108 valence electrons. The predicted octanol–water partition coefficient (Wildman–Crippen LogP) is 3.30. The van der Waals surface area contributed by atoms with E-state index in [4.69, 9.17) is 0 Å². The van der Waals surface area contributed by atoms with E-state index in [0.717, 1.165) is 25.2 Å². The van der Waals surface area contributed by atoms with E-state index >= 15 is 0 Å². The predicted molar refractivity (Wildman–Crippen MR) is 78.0 cm³/mol. The van der Waals surface area contributed by atoms with Crippen molar-refractivity contribution in [2.45, 2.75) is 77.8 Å². The van der Waals surface area contributed by atoms with E-state index in [2.05, 4.69) is 41.1 Å². The molecule has 1 N–H and O–H groups in total. The molecule has 1 aliphatic heterocycles. The van der Waals surface area contributed by atoms with Crippen molar-refractivity contribution < 1.29 is 0 Å². The summed E-state index contributed by atoms with van der Waals surface area (Å²) < 4.78 is 0. The molecule has 4 nitrogen and oxygen atoms in total. The van der Waals surface area contributed by atoms with Crippen LogP contribution >= 0.6 is 0 Å². The number of unbranched alkanes of at least 4 members (excludes halogenated alkanes) is 2. The Morgan fingerprint density at radius 1 is 1.11 bits per heavy atom. The molecule has 0 saturated heterocycles. The van der Waals surface area contributed by atoms with Gasteiger partial charge in [0.15, 0.2) is 0 Å². The van der Waals surface area contributed by atoms with Gasteiger partial charge in [0.2, 0.25) is 0 Å². The van der Waals surface area contributed by atoms with Gasteiger partial charge in [0.25, 0.3) is 0 Å². The second-order valence-electron chi connectivity index (χ2n) is 6.09. The molecule has 0 aliphatic carbocycles. The van der Waals surface area contributed by atoms with Crippen molar-refractivity contribution >= 4 is 0 Å². The highest BCUT2D eigenvalue weighted by molar-refractivity contribution is 5.13. The topological polar surface area (TPSA) is 44.8 Å². The first-order chi connectivity index (χ1) is 9.19. The Balaban J connectivity index is 2.02. The zero-order chi connectivity index (χ0) is 13.7. The molecule has 0 amide bonds. The summed E-state index contributed by atoms with van der Waals surface area (Å²) >= 11 is 0. The van der Waals surface area contributed by atoms with Crippen molar-refractivity contribution in [1.29, 1.82) is 0 Å². The lowest BCUT2D eigenvalue weighted by atomic mass is 9.86.